The van der Waals surface area contributed by atoms with Crippen molar-refractivity contribution in [1.82, 2.24) is 10.2 Å². The fourth-order valence-corrected chi connectivity index (χ4v) is 5.42. The van der Waals surface area contributed by atoms with Crippen LogP contribution in [-0.2, 0) is 26.2 Å². The molecule has 0 fully saturated rings. The van der Waals surface area contributed by atoms with Crippen molar-refractivity contribution in [3.8, 4) is 0 Å². The third-order valence-electron chi connectivity index (χ3n) is 5.91. The number of amides is 2. The number of carbonyl (C=O) groups is 2. The molecule has 0 unspecified atom stereocenters. The molecule has 9 heteroatoms. The zero-order valence-corrected chi connectivity index (χ0v) is 23.9. The summed E-state index contributed by atoms with van der Waals surface area (Å²) >= 11 is 6.34. The fraction of sp³-hybridized carbons (Fsp3) is 0.310. The van der Waals surface area contributed by atoms with Gasteiger partial charge in [-0.25, -0.2) is 8.42 Å². The second-order valence-corrected chi connectivity index (χ2v) is 12.5. The molecule has 0 aliphatic heterocycles. The van der Waals surface area contributed by atoms with Gasteiger partial charge in [-0.1, -0.05) is 66.2 Å². The molecular formula is C29H34ClN3O4S. The van der Waals surface area contributed by atoms with E-state index in [0.29, 0.717) is 5.02 Å². The molecule has 2 amide bonds. The molecule has 0 spiro atoms. The summed E-state index contributed by atoms with van der Waals surface area (Å²) < 4.78 is 28.6. The van der Waals surface area contributed by atoms with Crippen LogP contribution in [0.5, 0.6) is 0 Å². The van der Waals surface area contributed by atoms with Gasteiger partial charge >= 0.3 is 0 Å². The van der Waals surface area contributed by atoms with E-state index < -0.39 is 34.1 Å². The molecule has 0 radical (unpaired) electrons. The van der Waals surface area contributed by atoms with E-state index in [4.69, 9.17) is 11.6 Å². The normalized spacial score (nSPS) is 12.5. The maximum atomic E-state index is 13.9. The predicted octanol–water partition coefficient (Wildman–Crippen LogP) is 5.18. The van der Waals surface area contributed by atoms with E-state index in [0.717, 1.165) is 15.4 Å². The molecule has 3 aromatic carbocycles. The van der Waals surface area contributed by atoms with E-state index >= 15 is 0 Å². The summed E-state index contributed by atoms with van der Waals surface area (Å²) in [6, 6.07) is 21.2. The molecular weight excluding hydrogens is 522 g/mol. The number of aryl methyl sites for hydroxylation is 1. The lowest BCUT2D eigenvalue weighted by atomic mass is 10.1. The zero-order chi connectivity index (χ0) is 28.1. The molecule has 0 aliphatic carbocycles. The summed E-state index contributed by atoms with van der Waals surface area (Å²) in [6.45, 7) is 8.64. The molecule has 0 aliphatic rings. The van der Waals surface area contributed by atoms with Crippen molar-refractivity contribution in [3.05, 3.63) is 95.0 Å². The van der Waals surface area contributed by atoms with Crippen molar-refractivity contribution < 1.29 is 18.0 Å². The van der Waals surface area contributed by atoms with Gasteiger partial charge < -0.3 is 10.2 Å². The lowest BCUT2D eigenvalue weighted by Gasteiger charge is -2.33. The van der Waals surface area contributed by atoms with Crippen LogP contribution in [0, 0.1) is 6.92 Å². The molecule has 202 valence electrons. The van der Waals surface area contributed by atoms with Crippen LogP contribution in [-0.4, -0.2) is 43.3 Å². The van der Waals surface area contributed by atoms with Crippen LogP contribution in [0.25, 0.3) is 0 Å². The Morgan fingerprint density at radius 1 is 0.947 bits per heavy atom. The van der Waals surface area contributed by atoms with Crippen LogP contribution in [0.15, 0.2) is 83.8 Å². The van der Waals surface area contributed by atoms with Gasteiger partial charge in [-0.15, -0.1) is 0 Å². The average Bonchev–Trinajstić information content (AvgIpc) is 2.87. The van der Waals surface area contributed by atoms with Crippen LogP contribution in [0.3, 0.4) is 0 Å². The molecule has 3 rings (SSSR count). The number of hydrogen-bond acceptors (Lipinski definition) is 4. The Labute approximate surface area is 230 Å². The van der Waals surface area contributed by atoms with Crippen molar-refractivity contribution in [3.63, 3.8) is 0 Å². The largest absolute Gasteiger partial charge is 0.350 e. The molecule has 0 aromatic heterocycles. The highest BCUT2D eigenvalue weighted by Crippen LogP contribution is 2.28. The highest BCUT2D eigenvalue weighted by molar-refractivity contribution is 7.92. The van der Waals surface area contributed by atoms with E-state index in [1.165, 1.54) is 23.1 Å². The van der Waals surface area contributed by atoms with Crippen molar-refractivity contribution in [1.29, 1.82) is 0 Å². The van der Waals surface area contributed by atoms with Crippen LogP contribution >= 0.6 is 11.6 Å². The summed E-state index contributed by atoms with van der Waals surface area (Å²) in [4.78, 5) is 28.4. The molecule has 7 nitrogen and oxygen atoms in total. The van der Waals surface area contributed by atoms with Crippen LogP contribution < -0.4 is 9.62 Å². The number of benzene rings is 3. The zero-order valence-electron chi connectivity index (χ0n) is 22.3. The van der Waals surface area contributed by atoms with Gasteiger partial charge in [0.1, 0.15) is 12.6 Å². The van der Waals surface area contributed by atoms with Gasteiger partial charge in [0.05, 0.1) is 10.6 Å². The van der Waals surface area contributed by atoms with Gasteiger partial charge in [-0.2, -0.15) is 0 Å². The number of nitrogens with one attached hydrogen (secondary N) is 1. The van der Waals surface area contributed by atoms with Gasteiger partial charge in [0.15, 0.2) is 0 Å². The van der Waals surface area contributed by atoms with Crippen molar-refractivity contribution in [2.45, 2.75) is 57.6 Å². The minimum atomic E-state index is -4.13. The van der Waals surface area contributed by atoms with E-state index in [1.807, 2.05) is 58.0 Å². The quantitative estimate of drug-likeness (QED) is 0.394. The lowest BCUT2D eigenvalue weighted by Crippen LogP contribution is -2.54. The van der Waals surface area contributed by atoms with E-state index in [1.54, 1.807) is 37.3 Å². The molecule has 1 atom stereocenters. The summed E-state index contributed by atoms with van der Waals surface area (Å²) in [7, 11) is -4.13. The molecule has 38 heavy (non-hydrogen) atoms. The van der Waals surface area contributed by atoms with Crippen LogP contribution in [0.4, 0.5) is 5.69 Å². The Morgan fingerprint density at radius 3 is 2.08 bits per heavy atom. The summed E-state index contributed by atoms with van der Waals surface area (Å²) in [6.07, 6.45) is 0. The number of carbonyl (C=O) groups excluding carboxylic acids is 2. The van der Waals surface area contributed by atoms with Gasteiger partial charge in [0, 0.05) is 17.1 Å². The fourth-order valence-electron chi connectivity index (χ4n) is 3.82. The molecule has 0 saturated heterocycles. The Kier molecular flexibility index (Phi) is 9.22. The van der Waals surface area contributed by atoms with Crippen molar-refractivity contribution in [2.75, 3.05) is 10.8 Å². The number of anilines is 1. The van der Waals surface area contributed by atoms with Crippen LogP contribution in [0.1, 0.15) is 38.8 Å². The maximum Gasteiger partial charge on any atom is 0.264 e. The van der Waals surface area contributed by atoms with Crippen molar-refractivity contribution in [2.24, 2.45) is 0 Å². The number of rotatable bonds is 9. The molecule has 0 bridgehead atoms. The molecule has 0 saturated carbocycles. The first-order valence-corrected chi connectivity index (χ1v) is 14.1. The highest BCUT2D eigenvalue weighted by atomic mass is 35.5. The Morgan fingerprint density at radius 2 is 1.53 bits per heavy atom. The Hall–Kier alpha value is -3.36. The van der Waals surface area contributed by atoms with Gasteiger partial charge in [0.25, 0.3) is 10.0 Å². The third kappa shape index (κ3) is 7.36. The monoisotopic (exact) mass is 555 g/mol. The topological polar surface area (TPSA) is 86.8 Å². The van der Waals surface area contributed by atoms with Gasteiger partial charge in [0.2, 0.25) is 11.8 Å². The summed E-state index contributed by atoms with van der Waals surface area (Å²) in [5.74, 6) is -0.862. The first kappa shape index (κ1) is 29.2. The highest BCUT2D eigenvalue weighted by Gasteiger charge is 2.33. The minimum Gasteiger partial charge on any atom is -0.350 e. The van der Waals surface area contributed by atoms with Gasteiger partial charge in [-0.05, 0) is 70.0 Å². The van der Waals surface area contributed by atoms with E-state index in [2.05, 4.69) is 5.32 Å². The predicted molar refractivity (Wildman–Crippen MR) is 152 cm³/mol. The Bertz CT molecular complexity index is 1370. The number of nitrogens with zero attached hydrogens (tertiary/aromatic N) is 2. The Balaban J connectivity index is 2.04. The number of hydrogen-bond donors (Lipinski definition) is 1. The minimum absolute atomic E-state index is 0.0395. The smallest absolute Gasteiger partial charge is 0.264 e. The second kappa shape index (κ2) is 12.0. The SMILES string of the molecule is Cc1ccc(N(CC(=O)N(Cc2ccccc2)[C@H](C)C(=O)NC(C)(C)C)S(=O)(=O)c2ccccc2)cc1Cl. The first-order valence-electron chi connectivity index (χ1n) is 12.3. The standard InChI is InChI=1S/C29H34ClN3O4S/c1-21-16-17-24(18-26(21)30)33(38(36,37)25-14-10-7-11-15-25)20-27(34)32(19-23-12-8-6-9-13-23)22(2)28(35)31-29(3,4)5/h6-18,22H,19-20H2,1-5H3,(H,31,35)/t22-/m1/s1. The summed E-state index contributed by atoms with van der Waals surface area (Å²) in [5.41, 5.74) is 1.34. The van der Waals surface area contributed by atoms with Crippen LogP contribution in [0.2, 0.25) is 5.02 Å². The summed E-state index contributed by atoms with van der Waals surface area (Å²) in [5, 5.41) is 3.29. The maximum absolute atomic E-state index is 13.9. The molecule has 3 aromatic rings. The number of sulfonamides is 1. The second-order valence-electron chi connectivity index (χ2n) is 10.2. The third-order valence-corrected chi connectivity index (χ3v) is 8.11. The first-order chi connectivity index (χ1) is 17.8. The van der Waals surface area contributed by atoms with E-state index in [9.17, 15) is 18.0 Å². The average molecular weight is 556 g/mol. The molecule has 1 N–H and O–H groups in total. The molecule has 0 heterocycles. The lowest BCUT2D eigenvalue weighted by molar-refractivity contribution is -0.140. The van der Waals surface area contributed by atoms with Gasteiger partial charge in [-0.3, -0.25) is 13.9 Å². The number of halogens is 1. The van der Waals surface area contributed by atoms with Crippen molar-refractivity contribution >= 4 is 39.1 Å². The van der Waals surface area contributed by atoms with E-state index in [-0.39, 0.29) is 23.0 Å².